The quantitative estimate of drug-likeness (QED) is 0.641. The van der Waals surface area contributed by atoms with E-state index in [0.717, 1.165) is 24.5 Å². The first-order valence-electron chi connectivity index (χ1n) is 9.06. The van der Waals surface area contributed by atoms with Crippen molar-refractivity contribution < 1.29 is 13.2 Å². The molecule has 28 heavy (non-hydrogen) atoms. The van der Waals surface area contributed by atoms with Gasteiger partial charge in [-0.3, -0.25) is 0 Å². The van der Waals surface area contributed by atoms with E-state index in [1.807, 2.05) is 20.8 Å². The van der Waals surface area contributed by atoms with Gasteiger partial charge in [-0.2, -0.15) is 18.3 Å². The monoisotopic (exact) mass is 390 g/mol. The van der Waals surface area contributed by atoms with E-state index < -0.39 is 11.9 Å². The number of aromatic nitrogens is 6. The van der Waals surface area contributed by atoms with Crippen LogP contribution < -0.4 is 0 Å². The zero-order valence-electron chi connectivity index (χ0n) is 16.1. The first-order chi connectivity index (χ1) is 13.3. The molecule has 0 amide bonds. The number of rotatable bonds is 5. The summed E-state index contributed by atoms with van der Waals surface area (Å²) < 4.78 is 41.2. The van der Waals surface area contributed by atoms with Crippen molar-refractivity contribution in [1.82, 2.24) is 29.7 Å². The van der Waals surface area contributed by atoms with Crippen molar-refractivity contribution in [2.45, 2.75) is 52.6 Å². The maximum Gasteiger partial charge on any atom is 0.435 e. The number of aryl methyl sites for hydroxylation is 2. The summed E-state index contributed by atoms with van der Waals surface area (Å²) in [4.78, 5) is 16.2. The molecule has 0 bridgehead atoms. The molecule has 9 heteroatoms. The van der Waals surface area contributed by atoms with E-state index in [0.29, 0.717) is 29.2 Å². The Kier molecular flexibility index (Phi) is 5.44. The Morgan fingerprint density at radius 1 is 1.14 bits per heavy atom. The van der Waals surface area contributed by atoms with Crippen LogP contribution in [0.25, 0.3) is 16.9 Å². The lowest BCUT2D eigenvalue weighted by atomic mass is 10.1. The van der Waals surface area contributed by atoms with Crippen LogP contribution in [0.1, 0.15) is 55.9 Å². The van der Waals surface area contributed by atoms with E-state index in [4.69, 9.17) is 0 Å². The van der Waals surface area contributed by atoms with Crippen molar-refractivity contribution in [3.63, 3.8) is 0 Å². The van der Waals surface area contributed by atoms with E-state index in [9.17, 15) is 13.2 Å². The highest BCUT2D eigenvalue weighted by Gasteiger charge is 2.36. The van der Waals surface area contributed by atoms with E-state index in [2.05, 4.69) is 32.0 Å². The molecular formula is C19H21F3N6. The minimum atomic E-state index is -4.61. The van der Waals surface area contributed by atoms with Gasteiger partial charge in [-0.15, -0.1) is 0 Å². The number of alkyl halides is 3. The van der Waals surface area contributed by atoms with Crippen molar-refractivity contribution in [3.8, 4) is 16.9 Å². The van der Waals surface area contributed by atoms with Gasteiger partial charge in [0.1, 0.15) is 17.8 Å². The number of nitrogens with zero attached hydrogens (tertiary/aromatic N) is 6. The molecule has 0 aliphatic carbocycles. The molecule has 148 valence electrons. The number of hydrogen-bond acceptors (Lipinski definition) is 5. The van der Waals surface area contributed by atoms with Crippen molar-refractivity contribution in [1.29, 1.82) is 0 Å². The summed E-state index contributed by atoms with van der Waals surface area (Å²) in [6, 6.07) is 0. The Morgan fingerprint density at radius 2 is 1.89 bits per heavy atom. The Morgan fingerprint density at radius 3 is 2.54 bits per heavy atom. The smallest absolute Gasteiger partial charge is 0.243 e. The summed E-state index contributed by atoms with van der Waals surface area (Å²) in [5.74, 6) is 0.885. The van der Waals surface area contributed by atoms with Gasteiger partial charge in [0, 0.05) is 23.9 Å². The molecule has 1 unspecified atom stereocenters. The van der Waals surface area contributed by atoms with Gasteiger partial charge >= 0.3 is 6.18 Å². The third-order valence-corrected chi connectivity index (χ3v) is 4.63. The normalized spacial score (nSPS) is 13.0. The summed E-state index contributed by atoms with van der Waals surface area (Å²) in [5, 5.41) is 4.36. The highest BCUT2D eigenvalue weighted by atomic mass is 19.4. The van der Waals surface area contributed by atoms with Crippen molar-refractivity contribution >= 4 is 0 Å². The summed E-state index contributed by atoms with van der Waals surface area (Å²) in [5.41, 5.74) is 1.60. The van der Waals surface area contributed by atoms with Crippen LogP contribution in [0.4, 0.5) is 13.2 Å². The molecule has 0 saturated heterocycles. The highest BCUT2D eigenvalue weighted by Crippen LogP contribution is 2.33. The zero-order chi connectivity index (χ0) is 20.5. The van der Waals surface area contributed by atoms with Crippen LogP contribution in [0.5, 0.6) is 0 Å². The van der Waals surface area contributed by atoms with Crippen LogP contribution in [0, 0.1) is 6.92 Å². The van der Waals surface area contributed by atoms with Gasteiger partial charge in [0.05, 0.1) is 17.6 Å². The molecule has 3 rings (SSSR count). The molecule has 0 aromatic carbocycles. The highest BCUT2D eigenvalue weighted by molar-refractivity contribution is 5.65. The topological polar surface area (TPSA) is 69.4 Å². The first kappa shape index (κ1) is 19.9. The molecule has 0 saturated carbocycles. The number of halogens is 3. The fourth-order valence-electron chi connectivity index (χ4n) is 2.85. The molecule has 0 radical (unpaired) electrons. The summed E-state index contributed by atoms with van der Waals surface area (Å²) in [6.45, 7) is 7.86. The van der Waals surface area contributed by atoms with E-state index in [-0.39, 0.29) is 11.6 Å². The fraction of sp³-hybridized carbons (Fsp3) is 0.421. The average molecular weight is 390 g/mol. The van der Waals surface area contributed by atoms with Crippen LogP contribution in [0.3, 0.4) is 0 Å². The van der Waals surface area contributed by atoms with Gasteiger partial charge in [-0.1, -0.05) is 20.8 Å². The number of hydrogen-bond donors (Lipinski definition) is 0. The summed E-state index contributed by atoms with van der Waals surface area (Å²) in [7, 11) is 0. The van der Waals surface area contributed by atoms with Gasteiger partial charge in [0.2, 0.25) is 0 Å². The second-order valence-corrected chi connectivity index (χ2v) is 6.61. The molecule has 0 N–H and O–H groups in total. The lowest BCUT2D eigenvalue weighted by Gasteiger charge is -2.11. The third-order valence-electron chi connectivity index (χ3n) is 4.63. The molecular weight excluding hydrogens is 369 g/mol. The predicted octanol–water partition coefficient (Wildman–Crippen LogP) is 4.52. The molecule has 0 fully saturated rings. The summed E-state index contributed by atoms with van der Waals surface area (Å²) in [6.07, 6.45) is 2.12. The van der Waals surface area contributed by atoms with Crippen LogP contribution in [0.2, 0.25) is 0 Å². The standard InChI is InChI=1S/C19H21F3N6/c1-5-11(3)18-24-7-12(4)16(26-18)13-9-28(27-14(13)6-2)15-8-23-10-25-17(15)19(20,21)22/h7-11H,5-6H2,1-4H3. The van der Waals surface area contributed by atoms with Crippen molar-refractivity contribution in [2.75, 3.05) is 0 Å². The van der Waals surface area contributed by atoms with Gasteiger partial charge in [-0.25, -0.2) is 24.6 Å². The van der Waals surface area contributed by atoms with E-state index in [1.165, 1.54) is 4.68 Å². The molecule has 6 nitrogen and oxygen atoms in total. The molecule has 3 aromatic rings. The minimum absolute atomic E-state index is 0.179. The van der Waals surface area contributed by atoms with E-state index >= 15 is 0 Å². The maximum atomic E-state index is 13.3. The van der Waals surface area contributed by atoms with Gasteiger partial charge in [-0.05, 0) is 25.3 Å². The largest absolute Gasteiger partial charge is 0.435 e. The average Bonchev–Trinajstić information content (AvgIpc) is 3.11. The lowest BCUT2D eigenvalue weighted by molar-refractivity contribution is -0.141. The zero-order valence-corrected chi connectivity index (χ0v) is 16.1. The summed E-state index contributed by atoms with van der Waals surface area (Å²) >= 11 is 0. The Balaban J connectivity index is 2.16. The maximum absolute atomic E-state index is 13.3. The van der Waals surface area contributed by atoms with Gasteiger partial charge in [0.15, 0.2) is 5.69 Å². The van der Waals surface area contributed by atoms with Crippen LogP contribution in [0.15, 0.2) is 24.9 Å². The first-order valence-corrected chi connectivity index (χ1v) is 9.06. The van der Waals surface area contributed by atoms with Crippen molar-refractivity contribution in [3.05, 3.63) is 47.7 Å². The van der Waals surface area contributed by atoms with Gasteiger partial charge in [0.25, 0.3) is 0 Å². The SMILES string of the molecule is CCc1nn(-c2cncnc2C(F)(F)F)cc1-c1nc(C(C)CC)ncc1C. The Labute approximate surface area is 160 Å². The van der Waals surface area contributed by atoms with E-state index in [1.54, 1.807) is 12.4 Å². The molecule has 3 heterocycles. The van der Waals surface area contributed by atoms with Crippen LogP contribution in [-0.2, 0) is 12.6 Å². The second-order valence-electron chi connectivity index (χ2n) is 6.61. The molecule has 0 aliphatic rings. The fourth-order valence-corrected chi connectivity index (χ4v) is 2.85. The molecule has 0 spiro atoms. The molecule has 0 aliphatic heterocycles. The molecule has 3 aromatic heterocycles. The predicted molar refractivity (Wildman–Crippen MR) is 98.0 cm³/mol. The van der Waals surface area contributed by atoms with Crippen LogP contribution >= 0.6 is 0 Å². The Hall–Kier alpha value is -2.84. The van der Waals surface area contributed by atoms with Crippen molar-refractivity contribution in [2.24, 2.45) is 0 Å². The minimum Gasteiger partial charge on any atom is -0.243 e. The van der Waals surface area contributed by atoms with Gasteiger partial charge < -0.3 is 0 Å². The second kappa shape index (κ2) is 7.65. The lowest BCUT2D eigenvalue weighted by Crippen LogP contribution is -2.14. The third kappa shape index (κ3) is 3.74. The van der Waals surface area contributed by atoms with Crippen LogP contribution in [-0.4, -0.2) is 29.7 Å². The Bertz CT molecular complexity index is 980. The molecule has 1 atom stereocenters.